The number of hydrogen-bond acceptors (Lipinski definition) is 2. The Kier molecular flexibility index (Phi) is 4.83. The summed E-state index contributed by atoms with van der Waals surface area (Å²) in [6.07, 6.45) is 6.29. The molecule has 140 valence electrons. The Morgan fingerprint density at radius 1 is 1.42 bits per heavy atom. The molecule has 2 aliphatic rings. The maximum atomic E-state index is 14.2. The van der Waals surface area contributed by atoms with Gasteiger partial charge in [-0.2, -0.15) is 0 Å². The smallest absolute Gasteiger partial charge is 0.165 e. The van der Waals surface area contributed by atoms with Gasteiger partial charge in [0.1, 0.15) is 5.67 Å². The number of nitrogens with zero attached hydrogens (tertiary/aromatic N) is 1. The molecule has 1 aromatic carbocycles. The summed E-state index contributed by atoms with van der Waals surface area (Å²) in [5.74, 6) is 0.403. The van der Waals surface area contributed by atoms with E-state index >= 15 is 0 Å². The van der Waals surface area contributed by atoms with E-state index < -0.39 is 5.67 Å². The van der Waals surface area contributed by atoms with Gasteiger partial charge in [0.15, 0.2) is 5.78 Å². The normalized spacial score (nSPS) is 26.8. The maximum Gasteiger partial charge on any atom is 0.165 e. The highest BCUT2D eigenvalue weighted by Gasteiger charge is 2.32. The summed E-state index contributed by atoms with van der Waals surface area (Å²) in [6, 6.07) is 6.02. The Bertz CT molecular complexity index is 825. The van der Waals surface area contributed by atoms with Crippen molar-refractivity contribution in [3.63, 3.8) is 0 Å². The number of ether oxygens (including phenoxy) is 1. The van der Waals surface area contributed by atoms with Gasteiger partial charge in [-0.25, -0.2) is 4.39 Å². The Morgan fingerprint density at radius 3 is 2.92 bits per heavy atom. The summed E-state index contributed by atoms with van der Waals surface area (Å²) in [6.45, 7) is 3.03. The fraction of sp³-hybridized carbons (Fsp3) is 0.571. The van der Waals surface area contributed by atoms with Crippen LogP contribution in [0.15, 0.2) is 24.4 Å². The first-order valence-electron chi connectivity index (χ1n) is 9.53. The lowest BCUT2D eigenvalue weighted by molar-refractivity contribution is -0.0214. The standard InChI is InChI=1S/C21H25ClFNO2/c1-21(23)9-3-4-14(10-21)7-8-19(25)16-11-24(15-12-26-13-15)18-6-2-5-17(22)20(16)18/h2,5-6,11,14-15H,3-4,7-10,12-13H2,1H3/t14-,21?/m0/s1. The lowest BCUT2D eigenvalue weighted by atomic mass is 9.78. The number of rotatable bonds is 5. The molecule has 3 nitrogen and oxygen atoms in total. The van der Waals surface area contributed by atoms with E-state index in [4.69, 9.17) is 16.3 Å². The fourth-order valence-corrected chi connectivity index (χ4v) is 4.72. The summed E-state index contributed by atoms with van der Waals surface area (Å²) in [5, 5.41) is 1.45. The molecule has 0 spiro atoms. The monoisotopic (exact) mass is 377 g/mol. The van der Waals surface area contributed by atoms with E-state index in [1.807, 2.05) is 24.4 Å². The maximum absolute atomic E-state index is 14.2. The van der Waals surface area contributed by atoms with Crippen LogP contribution in [0.5, 0.6) is 0 Å². The number of benzene rings is 1. The van der Waals surface area contributed by atoms with E-state index in [0.29, 0.717) is 49.0 Å². The Hall–Kier alpha value is -1.39. The lowest BCUT2D eigenvalue weighted by Crippen LogP contribution is -2.30. The molecule has 4 rings (SSSR count). The molecule has 1 saturated carbocycles. The van der Waals surface area contributed by atoms with Crippen LogP contribution in [-0.4, -0.2) is 29.2 Å². The fourth-order valence-electron chi connectivity index (χ4n) is 4.45. The van der Waals surface area contributed by atoms with Crippen molar-refractivity contribution in [3.05, 3.63) is 35.0 Å². The van der Waals surface area contributed by atoms with Crippen molar-refractivity contribution in [2.24, 2.45) is 5.92 Å². The molecule has 1 aliphatic carbocycles. The number of ketones is 1. The summed E-state index contributed by atoms with van der Waals surface area (Å²) in [5.41, 5.74) is 0.606. The molecule has 26 heavy (non-hydrogen) atoms. The van der Waals surface area contributed by atoms with Crippen LogP contribution >= 0.6 is 11.6 Å². The number of halogens is 2. The molecule has 0 amide bonds. The van der Waals surface area contributed by atoms with Crippen LogP contribution in [0.4, 0.5) is 4.39 Å². The molecule has 5 heteroatoms. The minimum Gasteiger partial charge on any atom is -0.377 e. The van der Waals surface area contributed by atoms with E-state index in [1.54, 1.807) is 6.92 Å². The molecule has 1 aliphatic heterocycles. The van der Waals surface area contributed by atoms with Crippen molar-refractivity contribution in [3.8, 4) is 0 Å². The predicted molar refractivity (Wildman–Crippen MR) is 102 cm³/mol. The largest absolute Gasteiger partial charge is 0.377 e. The van der Waals surface area contributed by atoms with Gasteiger partial charge in [-0.3, -0.25) is 4.79 Å². The molecule has 0 N–H and O–H groups in total. The van der Waals surface area contributed by atoms with Crippen LogP contribution in [0.3, 0.4) is 0 Å². The number of fused-ring (bicyclic) bond motifs is 1. The van der Waals surface area contributed by atoms with Gasteiger partial charge in [-0.15, -0.1) is 0 Å². The average Bonchev–Trinajstić information content (AvgIpc) is 2.91. The minimum absolute atomic E-state index is 0.105. The van der Waals surface area contributed by atoms with E-state index in [2.05, 4.69) is 4.57 Å². The highest BCUT2D eigenvalue weighted by atomic mass is 35.5. The Labute approximate surface area is 158 Å². The number of carbonyl (C=O) groups excluding carboxylic acids is 1. The van der Waals surface area contributed by atoms with Gasteiger partial charge >= 0.3 is 0 Å². The van der Waals surface area contributed by atoms with Crippen LogP contribution in [0.1, 0.15) is 61.8 Å². The van der Waals surface area contributed by atoms with Crippen molar-refractivity contribution in [2.45, 2.75) is 57.2 Å². The zero-order chi connectivity index (χ0) is 18.3. The number of alkyl halides is 1. The third-order valence-electron chi connectivity index (χ3n) is 5.93. The predicted octanol–water partition coefficient (Wildman–Crippen LogP) is 5.75. The molecular formula is C21H25ClFNO2. The van der Waals surface area contributed by atoms with Crippen molar-refractivity contribution in [2.75, 3.05) is 13.2 Å². The average molecular weight is 378 g/mol. The topological polar surface area (TPSA) is 31.2 Å². The Morgan fingerprint density at radius 2 is 2.23 bits per heavy atom. The van der Waals surface area contributed by atoms with Crippen molar-refractivity contribution in [1.29, 1.82) is 0 Å². The van der Waals surface area contributed by atoms with Crippen molar-refractivity contribution >= 4 is 28.3 Å². The molecule has 1 saturated heterocycles. The zero-order valence-corrected chi connectivity index (χ0v) is 15.9. The summed E-state index contributed by atoms with van der Waals surface area (Å²) < 4.78 is 21.7. The molecule has 1 aromatic heterocycles. The molecule has 1 unspecified atom stereocenters. The van der Waals surface area contributed by atoms with E-state index in [-0.39, 0.29) is 11.8 Å². The molecule has 2 atom stereocenters. The van der Waals surface area contributed by atoms with Crippen molar-refractivity contribution in [1.82, 2.24) is 4.57 Å². The third-order valence-corrected chi connectivity index (χ3v) is 6.24. The second kappa shape index (κ2) is 6.97. The third kappa shape index (κ3) is 3.41. The zero-order valence-electron chi connectivity index (χ0n) is 15.1. The first kappa shape index (κ1) is 18.0. The molecule has 0 radical (unpaired) electrons. The minimum atomic E-state index is -1.07. The second-order valence-electron chi connectivity index (χ2n) is 8.11. The quantitative estimate of drug-likeness (QED) is 0.621. The highest BCUT2D eigenvalue weighted by molar-refractivity contribution is 6.37. The molecule has 2 heterocycles. The van der Waals surface area contributed by atoms with Gasteiger partial charge in [0.25, 0.3) is 0 Å². The van der Waals surface area contributed by atoms with Crippen LogP contribution in [-0.2, 0) is 4.74 Å². The van der Waals surface area contributed by atoms with Gasteiger partial charge in [-0.05, 0) is 44.2 Å². The second-order valence-corrected chi connectivity index (χ2v) is 8.52. The van der Waals surface area contributed by atoms with E-state index in [9.17, 15) is 9.18 Å². The van der Waals surface area contributed by atoms with Gasteiger partial charge < -0.3 is 9.30 Å². The van der Waals surface area contributed by atoms with E-state index in [0.717, 1.165) is 30.2 Å². The lowest BCUT2D eigenvalue weighted by Gasteiger charge is -2.31. The number of Topliss-reactive ketones (excluding diaryl/α,β-unsaturated/α-hetero) is 1. The van der Waals surface area contributed by atoms with Crippen LogP contribution in [0, 0.1) is 5.92 Å². The molecule has 2 fully saturated rings. The first-order valence-corrected chi connectivity index (χ1v) is 9.91. The summed E-state index contributed by atoms with van der Waals surface area (Å²) in [7, 11) is 0. The number of aromatic nitrogens is 1. The van der Waals surface area contributed by atoms with E-state index in [1.165, 1.54) is 0 Å². The van der Waals surface area contributed by atoms with Crippen molar-refractivity contribution < 1.29 is 13.9 Å². The Balaban J connectivity index is 1.55. The number of carbonyl (C=O) groups is 1. The first-order chi connectivity index (χ1) is 12.4. The van der Waals surface area contributed by atoms with Crippen LogP contribution < -0.4 is 0 Å². The molecular weight excluding hydrogens is 353 g/mol. The highest BCUT2D eigenvalue weighted by Crippen LogP contribution is 2.38. The van der Waals surface area contributed by atoms with Crippen LogP contribution in [0.2, 0.25) is 5.02 Å². The van der Waals surface area contributed by atoms with Gasteiger partial charge in [0.05, 0.1) is 29.8 Å². The summed E-state index contributed by atoms with van der Waals surface area (Å²) >= 11 is 6.43. The summed E-state index contributed by atoms with van der Waals surface area (Å²) in [4.78, 5) is 13.0. The van der Waals surface area contributed by atoms with Gasteiger partial charge in [-0.1, -0.05) is 30.5 Å². The number of hydrogen-bond donors (Lipinski definition) is 0. The van der Waals surface area contributed by atoms with Crippen LogP contribution in [0.25, 0.3) is 10.9 Å². The SMILES string of the molecule is CC1(F)CCC[C@@H](CCC(=O)c2cn(C3COC3)c3cccc(Cl)c23)C1. The molecule has 2 aromatic rings. The van der Waals surface area contributed by atoms with Gasteiger partial charge in [0.2, 0.25) is 0 Å². The molecule has 0 bridgehead atoms. The van der Waals surface area contributed by atoms with Gasteiger partial charge in [0, 0.05) is 23.6 Å².